The summed E-state index contributed by atoms with van der Waals surface area (Å²) in [6.07, 6.45) is 1.20. The number of rotatable bonds is 14. The molecule has 0 spiro atoms. The number of ether oxygens (including phenoxy) is 2. The number of hydrogen-bond acceptors (Lipinski definition) is 8. The van der Waals surface area contributed by atoms with Crippen molar-refractivity contribution in [3.8, 4) is 0 Å². The first-order chi connectivity index (χ1) is 12.0. The first kappa shape index (κ1) is 23.3. The molecule has 0 unspecified atom stereocenters. The molecule has 1 heterocycles. The summed E-state index contributed by atoms with van der Waals surface area (Å²) in [6, 6.07) is 0. The van der Waals surface area contributed by atoms with Crippen LogP contribution in [0.4, 0.5) is 0 Å². The van der Waals surface area contributed by atoms with E-state index in [-0.39, 0.29) is 32.7 Å². The van der Waals surface area contributed by atoms with Crippen LogP contribution in [0.5, 0.6) is 0 Å². The zero-order chi connectivity index (χ0) is 18.8. The summed E-state index contributed by atoms with van der Waals surface area (Å²) in [5, 5.41) is -0.971. The molecule has 25 heavy (non-hydrogen) atoms. The Kier molecular flexibility index (Phi) is 11.0. The molecule has 0 aromatic heterocycles. The van der Waals surface area contributed by atoms with E-state index in [9.17, 15) is 9.13 Å². The lowest BCUT2D eigenvalue weighted by atomic mass is 10.2. The Balaban J connectivity index is 2.96. The second kappa shape index (κ2) is 11.8. The predicted octanol–water partition coefficient (Wildman–Crippen LogP) is 4.39. The van der Waals surface area contributed by atoms with Gasteiger partial charge in [-0.15, -0.1) is 0 Å². The molecule has 1 saturated heterocycles. The van der Waals surface area contributed by atoms with Gasteiger partial charge in [-0.25, -0.2) is 0 Å². The van der Waals surface area contributed by atoms with Crippen LogP contribution in [0, 0.1) is 0 Å². The SMILES string of the molecule is CCOP(=O)(OCC)C(CCCC1OCCO1)P(=O)(OCC)OCC. The molecule has 1 aliphatic rings. The number of hydrogen-bond donors (Lipinski definition) is 0. The highest BCUT2D eigenvalue weighted by atomic mass is 31.2. The van der Waals surface area contributed by atoms with Crippen LogP contribution in [-0.2, 0) is 36.7 Å². The summed E-state index contributed by atoms with van der Waals surface area (Å²) in [5.41, 5.74) is 0. The Bertz CT molecular complexity index is 403. The van der Waals surface area contributed by atoms with Gasteiger partial charge in [0.25, 0.3) is 0 Å². The summed E-state index contributed by atoms with van der Waals surface area (Å²) >= 11 is 0. The highest BCUT2D eigenvalue weighted by molar-refractivity contribution is 7.72. The molecule has 0 atom stereocenters. The lowest BCUT2D eigenvalue weighted by molar-refractivity contribution is -0.0479. The summed E-state index contributed by atoms with van der Waals surface area (Å²) in [7, 11) is -7.33. The van der Waals surface area contributed by atoms with Crippen molar-refractivity contribution in [1.29, 1.82) is 0 Å². The molecular weight excluding hydrogens is 370 g/mol. The molecule has 0 aliphatic carbocycles. The smallest absolute Gasteiger partial charge is 0.345 e. The molecule has 0 radical (unpaired) electrons. The van der Waals surface area contributed by atoms with E-state index in [0.717, 1.165) is 0 Å². The normalized spacial score (nSPS) is 16.8. The second-order valence-corrected chi connectivity index (χ2v) is 10.2. The maximum absolute atomic E-state index is 13.3. The van der Waals surface area contributed by atoms with Crippen molar-refractivity contribution >= 4 is 15.2 Å². The fourth-order valence-corrected chi connectivity index (χ4v) is 8.13. The fraction of sp³-hybridized carbons (Fsp3) is 1.00. The van der Waals surface area contributed by atoms with Crippen molar-refractivity contribution in [1.82, 2.24) is 0 Å². The summed E-state index contributed by atoms with van der Waals surface area (Å²) < 4.78 is 59.1. The minimum atomic E-state index is -3.67. The van der Waals surface area contributed by atoms with Gasteiger partial charge < -0.3 is 27.6 Å². The fourth-order valence-electron chi connectivity index (χ4n) is 2.67. The van der Waals surface area contributed by atoms with Crippen molar-refractivity contribution in [2.24, 2.45) is 0 Å². The zero-order valence-electron chi connectivity index (χ0n) is 15.7. The third kappa shape index (κ3) is 7.04. The summed E-state index contributed by atoms with van der Waals surface area (Å²) in [6.45, 7) is 8.74. The van der Waals surface area contributed by atoms with E-state index in [1.54, 1.807) is 27.7 Å². The van der Waals surface area contributed by atoms with Crippen LogP contribution in [0.15, 0.2) is 0 Å². The molecular formula is C15H32O8P2. The summed E-state index contributed by atoms with van der Waals surface area (Å²) in [4.78, 5) is 0. The van der Waals surface area contributed by atoms with Gasteiger partial charge in [0.15, 0.2) is 11.7 Å². The Morgan fingerprint density at radius 1 is 0.840 bits per heavy atom. The predicted molar refractivity (Wildman–Crippen MR) is 95.0 cm³/mol. The highest BCUT2D eigenvalue weighted by Crippen LogP contribution is 2.71. The van der Waals surface area contributed by atoms with Gasteiger partial charge in [-0.05, 0) is 47.0 Å². The molecule has 0 N–H and O–H groups in total. The van der Waals surface area contributed by atoms with Crippen LogP contribution in [0.3, 0.4) is 0 Å². The molecule has 10 heteroatoms. The van der Waals surface area contributed by atoms with Crippen molar-refractivity contribution in [3.63, 3.8) is 0 Å². The van der Waals surface area contributed by atoms with Crippen LogP contribution in [0.2, 0.25) is 0 Å². The van der Waals surface area contributed by atoms with Gasteiger partial charge in [-0.1, -0.05) is 0 Å². The Hall–Kier alpha value is 0.220. The molecule has 0 amide bonds. The van der Waals surface area contributed by atoms with E-state index in [0.29, 0.717) is 32.5 Å². The van der Waals surface area contributed by atoms with E-state index in [1.165, 1.54) is 0 Å². The molecule has 8 nitrogen and oxygen atoms in total. The standard InChI is InChI=1S/C15H32O8P2/c1-5-20-24(16,21-6-2)15(25(17,22-7-3)23-8-4)11-9-10-14-18-12-13-19-14/h14-15H,5-13H2,1-4H3. The third-order valence-electron chi connectivity index (χ3n) is 3.56. The minimum Gasteiger partial charge on any atom is -0.350 e. The lowest BCUT2D eigenvalue weighted by Crippen LogP contribution is -2.19. The monoisotopic (exact) mass is 402 g/mol. The van der Waals surface area contributed by atoms with Crippen molar-refractivity contribution in [2.45, 2.75) is 58.6 Å². The Labute approximate surface area is 150 Å². The molecule has 150 valence electrons. The molecule has 0 saturated carbocycles. The van der Waals surface area contributed by atoms with E-state index in [2.05, 4.69) is 0 Å². The van der Waals surface area contributed by atoms with Gasteiger partial charge in [0.05, 0.1) is 39.6 Å². The first-order valence-corrected chi connectivity index (χ1v) is 12.2. The van der Waals surface area contributed by atoms with Crippen LogP contribution in [0.25, 0.3) is 0 Å². The maximum Gasteiger partial charge on any atom is 0.345 e. The average molecular weight is 402 g/mol. The van der Waals surface area contributed by atoms with E-state index >= 15 is 0 Å². The minimum absolute atomic E-state index is 0.181. The van der Waals surface area contributed by atoms with E-state index in [4.69, 9.17) is 27.6 Å². The van der Waals surface area contributed by atoms with Crippen molar-refractivity contribution < 1.29 is 36.7 Å². The van der Waals surface area contributed by atoms with Crippen molar-refractivity contribution in [2.75, 3.05) is 39.6 Å². The summed E-state index contributed by atoms with van der Waals surface area (Å²) in [5.74, 6) is 0. The van der Waals surface area contributed by atoms with E-state index in [1.807, 2.05) is 0 Å². The molecule has 0 aromatic carbocycles. The molecule has 0 aromatic rings. The van der Waals surface area contributed by atoms with Gasteiger partial charge in [0, 0.05) is 0 Å². The maximum atomic E-state index is 13.3. The van der Waals surface area contributed by atoms with E-state index < -0.39 is 20.6 Å². The largest absolute Gasteiger partial charge is 0.350 e. The van der Waals surface area contributed by atoms with Gasteiger partial charge in [0.1, 0.15) is 0 Å². The van der Waals surface area contributed by atoms with Crippen LogP contribution in [0.1, 0.15) is 47.0 Å². The second-order valence-electron chi connectivity index (χ2n) is 5.33. The Morgan fingerprint density at radius 3 is 1.60 bits per heavy atom. The topological polar surface area (TPSA) is 89.5 Å². The first-order valence-electron chi connectivity index (χ1n) is 8.96. The van der Waals surface area contributed by atoms with Crippen LogP contribution in [-0.4, -0.2) is 51.3 Å². The van der Waals surface area contributed by atoms with Gasteiger partial charge in [0.2, 0.25) is 0 Å². The average Bonchev–Trinajstić information content (AvgIpc) is 3.05. The van der Waals surface area contributed by atoms with Crippen LogP contribution < -0.4 is 0 Å². The molecule has 1 aliphatic heterocycles. The van der Waals surface area contributed by atoms with Gasteiger partial charge in [-0.2, -0.15) is 0 Å². The van der Waals surface area contributed by atoms with Crippen LogP contribution >= 0.6 is 15.2 Å². The highest BCUT2D eigenvalue weighted by Gasteiger charge is 2.50. The van der Waals surface area contributed by atoms with Gasteiger partial charge >= 0.3 is 15.2 Å². The molecule has 1 fully saturated rings. The van der Waals surface area contributed by atoms with Gasteiger partial charge in [-0.3, -0.25) is 9.13 Å². The Morgan fingerprint density at radius 2 is 1.24 bits per heavy atom. The lowest BCUT2D eigenvalue weighted by Gasteiger charge is -2.31. The quantitative estimate of drug-likeness (QED) is 0.395. The molecule has 0 bridgehead atoms. The zero-order valence-corrected chi connectivity index (χ0v) is 17.5. The molecule has 1 rings (SSSR count). The van der Waals surface area contributed by atoms with Crippen molar-refractivity contribution in [3.05, 3.63) is 0 Å². The third-order valence-corrected chi connectivity index (χ3v) is 9.71.